The van der Waals surface area contributed by atoms with E-state index in [1.807, 2.05) is 6.92 Å². The number of fused-ring (bicyclic) bond motifs is 1. The summed E-state index contributed by atoms with van der Waals surface area (Å²) in [4.78, 5) is 11.0. The molecule has 0 bridgehead atoms. The molecular weight excluding hydrogens is 128 g/mol. The summed E-state index contributed by atoms with van der Waals surface area (Å²) < 4.78 is 5.16. The SMILES string of the molecule is CC1C(=O)OC2CCCC21. The van der Waals surface area contributed by atoms with Crippen molar-refractivity contribution in [1.29, 1.82) is 0 Å². The van der Waals surface area contributed by atoms with Crippen LogP contribution in [0.25, 0.3) is 0 Å². The highest BCUT2D eigenvalue weighted by Gasteiger charge is 2.44. The molecule has 0 aromatic rings. The van der Waals surface area contributed by atoms with Crippen molar-refractivity contribution < 1.29 is 9.53 Å². The third kappa shape index (κ3) is 0.678. The predicted molar refractivity (Wildman–Crippen MR) is 36.4 cm³/mol. The third-order valence-electron chi connectivity index (χ3n) is 2.79. The standard InChI is InChI=1S/C8H12O2/c1-5-6-3-2-4-7(6)10-8(5)9/h5-7H,2-4H2,1H3. The van der Waals surface area contributed by atoms with Crippen LogP contribution in [0.15, 0.2) is 0 Å². The zero-order valence-electron chi connectivity index (χ0n) is 6.17. The Morgan fingerprint density at radius 2 is 2.30 bits per heavy atom. The van der Waals surface area contributed by atoms with E-state index >= 15 is 0 Å². The van der Waals surface area contributed by atoms with Gasteiger partial charge in [-0.05, 0) is 19.3 Å². The summed E-state index contributed by atoms with van der Waals surface area (Å²) in [5.74, 6) is 0.745. The molecular formula is C8H12O2. The van der Waals surface area contributed by atoms with Gasteiger partial charge in [0.2, 0.25) is 0 Å². The van der Waals surface area contributed by atoms with Gasteiger partial charge in [0.05, 0.1) is 5.92 Å². The van der Waals surface area contributed by atoms with Crippen LogP contribution in [0.1, 0.15) is 26.2 Å². The highest BCUT2D eigenvalue weighted by molar-refractivity contribution is 5.74. The fourth-order valence-corrected chi connectivity index (χ4v) is 2.10. The van der Waals surface area contributed by atoms with Gasteiger partial charge in [-0.15, -0.1) is 0 Å². The Kier molecular flexibility index (Phi) is 1.22. The first kappa shape index (κ1) is 6.20. The fraction of sp³-hybridized carbons (Fsp3) is 0.875. The number of carbonyl (C=O) groups is 1. The molecule has 2 aliphatic rings. The minimum atomic E-state index is 0.0229. The first-order valence-corrected chi connectivity index (χ1v) is 3.99. The summed E-state index contributed by atoms with van der Waals surface area (Å²) in [6.07, 6.45) is 3.81. The highest BCUT2D eigenvalue weighted by atomic mass is 16.6. The first-order chi connectivity index (χ1) is 4.79. The molecule has 2 fully saturated rings. The number of esters is 1. The van der Waals surface area contributed by atoms with Crippen LogP contribution in [0.2, 0.25) is 0 Å². The Bertz CT molecular complexity index is 165. The lowest BCUT2D eigenvalue weighted by atomic mass is 9.94. The molecule has 0 aromatic carbocycles. The quantitative estimate of drug-likeness (QED) is 0.475. The van der Waals surface area contributed by atoms with Crippen LogP contribution in [0.5, 0.6) is 0 Å². The predicted octanol–water partition coefficient (Wildman–Crippen LogP) is 1.35. The average Bonchev–Trinajstić information content (AvgIpc) is 2.41. The second-order valence-corrected chi connectivity index (χ2v) is 3.36. The summed E-state index contributed by atoms with van der Waals surface area (Å²) >= 11 is 0. The molecule has 3 atom stereocenters. The molecule has 1 aliphatic heterocycles. The zero-order valence-corrected chi connectivity index (χ0v) is 6.17. The van der Waals surface area contributed by atoms with Crippen LogP contribution < -0.4 is 0 Å². The molecule has 1 saturated heterocycles. The van der Waals surface area contributed by atoms with Gasteiger partial charge in [-0.2, -0.15) is 0 Å². The summed E-state index contributed by atoms with van der Waals surface area (Å²) in [6, 6.07) is 0. The number of hydrogen-bond acceptors (Lipinski definition) is 2. The van der Waals surface area contributed by atoms with Crippen molar-refractivity contribution in [3.05, 3.63) is 0 Å². The third-order valence-corrected chi connectivity index (χ3v) is 2.79. The monoisotopic (exact) mass is 140 g/mol. The van der Waals surface area contributed by atoms with E-state index in [9.17, 15) is 4.79 Å². The topological polar surface area (TPSA) is 26.3 Å². The Morgan fingerprint density at radius 3 is 3.00 bits per heavy atom. The number of rotatable bonds is 0. The smallest absolute Gasteiger partial charge is 0.309 e. The van der Waals surface area contributed by atoms with Gasteiger partial charge < -0.3 is 4.74 Å². The fourth-order valence-electron chi connectivity index (χ4n) is 2.10. The Hall–Kier alpha value is -0.530. The molecule has 0 radical (unpaired) electrons. The minimum Gasteiger partial charge on any atom is -0.462 e. The van der Waals surface area contributed by atoms with Crippen LogP contribution in [0.4, 0.5) is 0 Å². The normalized spacial score (nSPS) is 45.3. The summed E-state index contributed by atoms with van der Waals surface area (Å²) in [7, 11) is 0. The Morgan fingerprint density at radius 1 is 1.50 bits per heavy atom. The average molecular weight is 140 g/mol. The van der Waals surface area contributed by atoms with E-state index in [1.54, 1.807) is 0 Å². The largest absolute Gasteiger partial charge is 0.462 e. The van der Waals surface area contributed by atoms with Gasteiger partial charge >= 0.3 is 5.97 Å². The van der Waals surface area contributed by atoms with Crippen molar-refractivity contribution in [2.24, 2.45) is 11.8 Å². The summed E-state index contributed by atoms with van der Waals surface area (Å²) in [6.45, 7) is 1.98. The second kappa shape index (κ2) is 1.97. The van der Waals surface area contributed by atoms with Gasteiger partial charge in [0, 0.05) is 5.92 Å². The van der Waals surface area contributed by atoms with Gasteiger partial charge in [0.25, 0.3) is 0 Å². The molecule has 2 heteroatoms. The van der Waals surface area contributed by atoms with Gasteiger partial charge in [-0.1, -0.05) is 6.92 Å². The van der Waals surface area contributed by atoms with Crippen LogP contribution >= 0.6 is 0 Å². The molecule has 1 saturated carbocycles. The van der Waals surface area contributed by atoms with Crippen LogP contribution in [0.3, 0.4) is 0 Å². The molecule has 2 rings (SSSR count). The van der Waals surface area contributed by atoms with E-state index in [0.717, 1.165) is 6.42 Å². The maximum Gasteiger partial charge on any atom is 0.309 e. The van der Waals surface area contributed by atoms with E-state index in [1.165, 1.54) is 12.8 Å². The maximum absolute atomic E-state index is 11.0. The molecule has 0 aromatic heterocycles. The van der Waals surface area contributed by atoms with Crippen LogP contribution in [-0.4, -0.2) is 12.1 Å². The van der Waals surface area contributed by atoms with E-state index in [4.69, 9.17) is 4.74 Å². The zero-order chi connectivity index (χ0) is 7.14. The van der Waals surface area contributed by atoms with Crippen LogP contribution in [-0.2, 0) is 9.53 Å². The molecule has 0 spiro atoms. The van der Waals surface area contributed by atoms with E-state index in [0.29, 0.717) is 5.92 Å². The van der Waals surface area contributed by atoms with Crippen molar-refractivity contribution in [2.75, 3.05) is 0 Å². The molecule has 0 amide bonds. The van der Waals surface area contributed by atoms with Crippen LogP contribution in [0, 0.1) is 11.8 Å². The van der Waals surface area contributed by atoms with Crippen molar-refractivity contribution in [3.63, 3.8) is 0 Å². The lowest BCUT2D eigenvalue weighted by Crippen LogP contribution is -2.11. The number of carbonyl (C=O) groups excluding carboxylic acids is 1. The first-order valence-electron chi connectivity index (χ1n) is 3.99. The highest BCUT2D eigenvalue weighted by Crippen LogP contribution is 2.39. The molecule has 3 unspecified atom stereocenters. The lowest BCUT2D eigenvalue weighted by molar-refractivity contribution is -0.144. The molecule has 56 valence electrons. The molecule has 1 heterocycles. The lowest BCUT2D eigenvalue weighted by Gasteiger charge is -2.06. The van der Waals surface area contributed by atoms with Crippen molar-refractivity contribution in [1.82, 2.24) is 0 Å². The van der Waals surface area contributed by atoms with Crippen molar-refractivity contribution in [2.45, 2.75) is 32.3 Å². The summed E-state index contributed by atoms with van der Waals surface area (Å²) in [5.41, 5.74) is 0. The Labute approximate surface area is 60.6 Å². The van der Waals surface area contributed by atoms with E-state index < -0.39 is 0 Å². The second-order valence-electron chi connectivity index (χ2n) is 3.36. The van der Waals surface area contributed by atoms with Gasteiger partial charge in [-0.25, -0.2) is 0 Å². The van der Waals surface area contributed by atoms with Gasteiger partial charge in [0.1, 0.15) is 6.10 Å². The van der Waals surface area contributed by atoms with E-state index in [2.05, 4.69) is 0 Å². The molecule has 2 nitrogen and oxygen atoms in total. The van der Waals surface area contributed by atoms with Crippen molar-refractivity contribution >= 4 is 5.97 Å². The van der Waals surface area contributed by atoms with Crippen molar-refractivity contribution in [3.8, 4) is 0 Å². The number of ether oxygens (including phenoxy) is 1. The maximum atomic E-state index is 11.0. The summed E-state index contributed by atoms with van der Waals surface area (Å²) in [5, 5.41) is 0. The number of hydrogen-bond donors (Lipinski definition) is 0. The molecule has 0 N–H and O–H groups in total. The molecule has 1 aliphatic carbocycles. The molecule has 10 heavy (non-hydrogen) atoms. The minimum absolute atomic E-state index is 0.0229. The van der Waals surface area contributed by atoms with Gasteiger partial charge in [0.15, 0.2) is 0 Å². The Balaban J connectivity index is 2.16. The van der Waals surface area contributed by atoms with Gasteiger partial charge in [-0.3, -0.25) is 4.79 Å². The van der Waals surface area contributed by atoms with E-state index in [-0.39, 0.29) is 18.0 Å².